The maximum Gasteiger partial charge on any atom is 0.335 e. The van der Waals surface area contributed by atoms with E-state index in [2.05, 4.69) is 22.8 Å². The number of aromatic nitrogens is 1. The average molecular weight is 617 g/mol. The smallest absolute Gasteiger partial charge is 0.335 e. The van der Waals surface area contributed by atoms with Crippen molar-refractivity contribution in [1.82, 2.24) is 9.88 Å². The number of para-hydroxylation sites is 1. The molecule has 0 unspecified atom stereocenters. The summed E-state index contributed by atoms with van der Waals surface area (Å²) in [4.78, 5) is 53.7. The lowest BCUT2D eigenvalue weighted by atomic mass is 9.48. The molecule has 232 valence electrons. The van der Waals surface area contributed by atoms with Gasteiger partial charge in [0.25, 0.3) is 11.8 Å². The zero-order valence-electron chi connectivity index (χ0n) is 25.2. The fourth-order valence-corrected chi connectivity index (χ4v) is 8.89. The quantitative estimate of drug-likeness (QED) is 0.190. The van der Waals surface area contributed by atoms with Gasteiger partial charge in [0.1, 0.15) is 17.9 Å². The predicted molar refractivity (Wildman–Crippen MR) is 172 cm³/mol. The summed E-state index contributed by atoms with van der Waals surface area (Å²) in [7, 11) is 0. The Morgan fingerprint density at radius 3 is 2.22 bits per heavy atom. The molecule has 0 radical (unpaired) electrons. The van der Waals surface area contributed by atoms with Gasteiger partial charge in [0.15, 0.2) is 0 Å². The van der Waals surface area contributed by atoms with Gasteiger partial charge in [-0.1, -0.05) is 30.3 Å². The van der Waals surface area contributed by atoms with Crippen molar-refractivity contribution in [3.8, 4) is 0 Å². The minimum Gasteiger partial charge on any atom is -0.337 e. The van der Waals surface area contributed by atoms with Gasteiger partial charge in [0.05, 0.1) is 5.69 Å². The third kappa shape index (κ3) is 4.90. The van der Waals surface area contributed by atoms with Gasteiger partial charge in [-0.05, 0) is 116 Å². The molecule has 1 aromatic heterocycles. The van der Waals surface area contributed by atoms with E-state index in [9.17, 15) is 23.6 Å². The lowest BCUT2D eigenvalue weighted by Crippen LogP contribution is -2.54. The Kier molecular flexibility index (Phi) is 6.67. The number of imide groups is 2. The van der Waals surface area contributed by atoms with E-state index < -0.39 is 23.7 Å². The van der Waals surface area contributed by atoms with Gasteiger partial charge >= 0.3 is 6.03 Å². The number of anilines is 2. The SMILES string of the molecule is O=C(Cn1cc(/C=C2\C(=O)NC(=O)N(c3ccc(C45CC6CC(CC(C6)C4)C5)cc3)C2=O)c2ccccc21)Nc1ccc(F)cc1. The van der Waals surface area contributed by atoms with E-state index in [1.807, 2.05) is 36.4 Å². The molecule has 4 aromatic rings. The molecule has 2 heterocycles. The Hall–Kier alpha value is -5.05. The maximum atomic E-state index is 13.8. The first-order chi connectivity index (χ1) is 22.2. The van der Waals surface area contributed by atoms with Gasteiger partial charge in [0.2, 0.25) is 5.91 Å². The van der Waals surface area contributed by atoms with Crippen molar-refractivity contribution in [2.24, 2.45) is 17.8 Å². The number of carbonyl (C=O) groups excluding carboxylic acids is 4. The number of amides is 5. The minimum absolute atomic E-state index is 0.0537. The second kappa shape index (κ2) is 10.8. The summed E-state index contributed by atoms with van der Waals surface area (Å²) in [5, 5.41) is 5.81. The van der Waals surface area contributed by atoms with Crippen LogP contribution in [0.3, 0.4) is 0 Å². The van der Waals surface area contributed by atoms with Gasteiger partial charge in [-0.2, -0.15) is 0 Å². The molecule has 5 amide bonds. The minimum atomic E-state index is -0.783. The number of nitrogens with one attached hydrogen (secondary N) is 2. The van der Waals surface area contributed by atoms with Crippen LogP contribution in [0.2, 0.25) is 0 Å². The highest BCUT2D eigenvalue weighted by molar-refractivity contribution is 6.39. The topological polar surface area (TPSA) is 101 Å². The zero-order valence-corrected chi connectivity index (χ0v) is 25.2. The van der Waals surface area contributed by atoms with Crippen molar-refractivity contribution < 1.29 is 23.6 Å². The summed E-state index contributed by atoms with van der Waals surface area (Å²) in [5.74, 6) is 0.192. The summed E-state index contributed by atoms with van der Waals surface area (Å²) >= 11 is 0. The molecule has 9 rings (SSSR count). The molecular formula is C37H33FN4O4. The van der Waals surface area contributed by atoms with Gasteiger partial charge < -0.3 is 9.88 Å². The van der Waals surface area contributed by atoms with Crippen LogP contribution in [0.25, 0.3) is 17.0 Å². The first kappa shape index (κ1) is 28.4. The summed E-state index contributed by atoms with van der Waals surface area (Å²) < 4.78 is 15.0. The molecular weight excluding hydrogens is 583 g/mol. The molecule has 4 saturated carbocycles. The molecule has 46 heavy (non-hydrogen) atoms. The number of nitrogens with zero attached hydrogens (tertiary/aromatic N) is 2. The number of halogens is 1. The fourth-order valence-electron chi connectivity index (χ4n) is 8.89. The van der Waals surface area contributed by atoms with Gasteiger partial charge in [-0.25, -0.2) is 14.1 Å². The van der Waals surface area contributed by atoms with Crippen LogP contribution in [0.1, 0.15) is 49.7 Å². The van der Waals surface area contributed by atoms with Crippen molar-refractivity contribution in [2.75, 3.05) is 10.2 Å². The van der Waals surface area contributed by atoms with Gasteiger partial charge in [-0.3, -0.25) is 19.7 Å². The molecule has 9 heteroatoms. The molecule has 0 atom stereocenters. The molecule has 0 spiro atoms. The Morgan fingerprint density at radius 1 is 0.891 bits per heavy atom. The van der Waals surface area contributed by atoms with Crippen molar-refractivity contribution in [3.05, 3.63) is 102 Å². The third-order valence-electron chi connectivity index (χ3n) is 10.4. The monoisotopic (exact) mass is 616 g/mol. The second-order valence-corrected chi connectivity index (χ2v) is 13.5. The van der Waals surface area contributed by atoms with Crippen molar-refractivity contribution >= 4 is 52.1 Å². The zero-order chi connectivity index (χ0) is 31.6. The largest absolute Gasteiger partial charge is 0.337 e. The Labute approximate surface area is 265 Å². The Morgan fingerprint density at radius 2 is 1.54 bits per heavy atom. The third-order valence-corrected chi connectivity index (χ3v) is 10.4. The first-order valence-electron chi connectivity index (χ1n) is 15.9. The number of carbonyl (C=O) groups is 4. The molecule has 5 aliphatic rings. The van der Waals surface area contributed by atoms with Crippen molar-refractivity contribution in [1.29, 1.82) is 0 Å². The number of benzene rings is 3. The van der Waals surface area contributed by atoms with Crippen LogP contribution in [0.4, 0.5) is 20.6 Å². The average Bonchev–Trinajstić information content (AvgIpc) is 3.36. The molecule has 4 bridgehead atoms. The van der Waals surface area contributed by atoms with E-state index in [0.29, 0.717) is 16.9 Å². The number of hydrogen-bond donors (Lipinski definition) is 2. The van der Waals surface area contributed by atoms with E-state index in [1.54, 1.807) is 10.8 Å². The van der Waals surface area contributed by atoms with Crippen LogP contribution >= 0.6 is 0 Å². The molecule has 1 aliphatic heterocycles. The summed E-state index contributed by atoms with van der Waals surface area (Å²) in [6.07, 6.45) is 10.9. The lowest BCUT2D eigenvalue weighted by molar-refractivity contribution is -0.122. The second-order valence-electron chi connectivity index (χ2n) is 13.5. The highest BCUT2D eigenvalue weighted by Crippen LogP contribution is 2.60. The number of urea groups is 1. The maximum absolute atomic E-state index is 13.8. The van der Waals surface area contributed by atoms with Crippen molar-refractivity contribution in [2.45, 2.75) is 50.5 Å². The van der Waals surface area contributed by atoms with Crippen LogP contribution in [0, 0.1) is 23.6 Å². The van der Waals surface area contributed by atoms with Crippen LogP contribution in [0.5, 0.6) is 0 Å². The van der Waals surface area contributed by atoms with Crippen LogP contribution in [-0.4, -0.2) is 28.3 Å². The standard InChI is InChI=1S/C37H33FN4O4/c38-27-7-9-28(10-8-27)39-33(43)21-41-20-25(30-3-1-2-4-32(30)41)16-31-34(44)40-36(46)42(35(31)45)29-11-5-26(6-12-29)37-17-22-13-23(18-37)15-24(14-22)19-37/h1-12,16,20,22-24H,13-15,17-19,21H2,(H,39,43)(H,40,44,46)/b31-16+. The molecule has 3 aromatic carbocycles. The number of rotatable bonds is 6. The number of barbiturate groups is 1. The fraction of sp³-hybridized carbons (Fsp3) is 0.297. The van der Waals surface area contributed by atoms with Crippen molar-refractivity contribution in [3.63, 3.8) is 0 Å². The van der Waals surface area contributed by atoms with E-state index in [-0.39, 0.29) is 23.4 Å². The number of hydrogen-bond acceptors (Lipinski definition) is 4. The van der Waals surface area contributed by atoms with E-state index >= 15 is 0 Å². The van der Waals surface area contributed by atoms with E-state index in [1.165, 1.54) is 74.4 Å². The summed E-state index contributed by atoms with van der Waals surface area (Å²) in [6, 6.07) is 19.8. The molecule has 5 fully saturated rings. The van der Waals surface area contributed by atoms with Gasteiger partial charge in [0, 0.05) is 28.4 Å². The van der Waals surface area contributed by atoms with Gasteiger partial charge in [-0.15, -0.1) is 0 Å². The summed E-state index contributed by atoms with van der Waals surface area (Å²) in [6.45, 7) is -0.0537. The van der Waals surface area contributed by atoms with E-state index in [4.69, 9.17) is 0 Å². The Balaban J connectivity index is 1.06. The van der Waals surface area contributed by atoms with Crippen LogP contribution in [-0.2, 0) is 26.3 Å². The molecule has 2 N–H and O–H groups in total. The first-order valence-corrected chi connectivity index (χ1v) is 15.9. The van der Waals surface area contributed by atoms with Crippen LogP contribution < -0.4 is 15.5 Å². The Bertz CT molecular complexity index is 1910. The van der Waals surface area contributed by atoms with E-state index in [0.717, 1.165) is 33.6 Å². The number of fused-ring (bicyclic) bond motifs is 1. The lowest BCUT2D eigenvalue weighted by Gasteiger charge is -2.57. The highest BCUT2D eigenvalue weighted by Gasteiger charge is 2.51. The molecule has 8 nitrogen and oxygen atoms in total. The highest BCUT2D eigenvalue weighted by atomic mass is 19.1. The molecule has 1 saturated heterocycles. The normalized spacial score (nSPS) is 26.2. The van der Waals surface area contributed by atoms with Crippen LogP contribution in [0.15, 0.2) is 84.6 Å². The summed E-state index contributed by atoms with van der Waals surface area (Å²) in [5.41, 5.74) is 3.44. The molecule has 4 aliphatic carbocycles. The predicted octanol–water partition coefficient (Wildman–Crippen LogP) is 6.55.